The summed E-state index contributed by atoms with van der Waals surface area (Å²) >= 11 is 0. The van der Waals surface area contributed by atoms with Gasteiger partial charge in [0, 0.05) is 5.56 Å². The van der Waals surface area contributed by atoms with Crippen molar-refractivity contribution in [3.63, 3.8) is 0 Å². The lowest BCUT2D eigenvalue weighted by atomic mass is 9.81. The van der Waals surface area contributed by atoms with Gasteiger partial charge in [0.15, 0.2) is 23.3 Å². The fourth-order valence-electron chi connectivity index (χ4n) is 6.03. The molecule has 0 bridgehead atoms. The second-order valence-corrected chi connectivity index (χ2v) is 10.2. The van der Waals surface area contributed by atoms with Crippen molar-refractivity contribution in [3.8, 4) is 44.5 Å². The highest BCUT2D eigenvalue weighted by molar-refractivity contribution is 6.23. The van der Waals surface area contributed by atoms with Crippen LogP contribution >= 0.6 is 0 Å². The Morgan fingerprint density at radius 1 is 0.256 bits per heavy atom. The Labute approximate surface area is 244 Å². The van der Waals surface area contributed by atoms with E-state index in [1.54, 1.807) is 36.4 Å². The molecule has 0 nitrogen and oxygen atoms in total. The van der Waals surface area contributed by atoms with Gasteiger partial charge in [0.05, 0.1) is 5.56 Å². The summed E-state index contributed by atoms with van der Waals surface area (Å²) < 4.78 is 74.1. The van der Waals surface area contributed by atoms with E-state index in [0.29, 0.717) is 21.5 Å². The van der Waals surface area contributed by atoms with Gasteiger partial charge in [-0.1, -0.05) is 127 Å². The molecule has 5 heteroatoms. The van der Waals surface area contributed by atoms with E-state index in [1.807, 2.05) is 91.0 Å². The van der Waals surface area contributed by atoms with Crippen molar-refractivity contribution >= 4 is 21.5 Å². The molecule has 7 rings (SSSR count). The standard InChI is InChI=1S/C38H21F5/c39-34-33(35(40)37(42)38(43)36(34)41)32-28-18-9-7-16-26(28)31(27-17-8-10-19-29(27)32)30-24(22-12-3-1-4-13-22)20-11-21-25(30)23-14-5-2-6-15-23/h1-21H. The predicted octanol–water partition coefficient (Wildman–Crippen LogP) is 11.4. The number of rotatable bonds is 4. The van der Waals surface area contributed by atoms with Gasteiger partial charge in [0.2, 0.25) is 5.82 Å². The Kier molecular flexibility index (Phi) is 6.51. The Bertz CT molecular complexity index is 2030. The molecule has 43 heavy (non-hydrogen) atoms. The Morgan fingerprint density at radius 2 is 0.581 bits per heavy atom. The molecule has 0 fully saturated rings. The lowest BCUT2D eigenvalue weighted by molar-refractivity contribution is 0.381. The largest absolute Gasteiger partial charge is 0.203 e. The number of halogens is 5. The summed E-state index contributed by atoms with van der Waals surface area (Å²) in [5.74, 6) is -9.88. The molecule has 0 spiro atoms. The zero-order valence-electron chi connectivity index (χ0n) is 22.5. The van der Waals surface area contributed by atoms with Crippen LogP contribution in [-0.2, 0) is 0 Å². The Morgan fingerprint density at radius 3 is 0.977 bits per heavy atom. The van der Waals surface area contributed by atoms with Crippen LogP contribution in [0.1, 0.15) is 0 Å². The Hall–Kier alpha value is -5.29. The molecule has 0 radical (unpaired) electrons. The first kappa shape index (κ1) is 26.6. The fraction of sp³-hybridized carbons (Fsp3) is 0. The van der Waals surface area contributed by atoms with Crippen molar-refractivity contribution in [2.24, 2.45) is 0 Å². The monoisotopic (exact) mass is 572 g/mol. The highest BCUT2D eigenvalue weighted by Crippen LogP contribution is 2.50. The maximum atomic E-state index is 15.4. The van der Waals surface area contributed by atoms with Gasteiger partial charge >= 0.3 is 0 Å². The molecular weight excluding hydrogens is 551 g/mol. The van der Waals surface area contributed by atoms with E-state index in [-0.39, 0.29) is 5.56 Å². The van der Waals surface area contributed by atoms with Crippen molar-refractivity contribution in [1.82, 2.24) is 0 Å². The maximum Gasteiger partial charge on any atom is 0.200 e. The number of hydrogen-bond donors (Lipinski definition) is 0. The fourth-order valence-corrected chi connectivity index (χ4v) is 6.03. The quantitative estimate of drug-likeness (QED) is 0.0852. The second-order valence-electron chi connectivity index (χ2n) is 10.2. The first-order chi connectivity index (χ1) is 21.0. The highest BCUT2D eigenvalue weighted by atomic mass is 19.2. The third-order valence-electron chi connectivity index (χ3n) is 7.88. The summed E-state index contributed by atoms with van der Waals surface area (Å²) in [5.41, 5.74) is 4.46. The smallest absolute Gasteiger partial charge is 0.200 e. The third-order valence-corrected chi connectivity index (χ3v) is 7.88. The van der Waals surface area contributed by atoms with E-state index in [4.69, 9.17) is 0 Å². The minimum atomic E-state index is -2.19. The zero-order chi connectivity index (χ0) is 29.7. The molecule has 208 valence electrons. The van der Waals surface area contributed by atoms with Crippen LogP contribution in [0.5, 0.6) is 0 Å². The van der Waals surface area contributed by atoms with Gasteiger partial charge < -0.3 is 0 Å². The van der Waals surface area contributed by atoms with Crippen LogP contribution in [0.3, 0.4) is 0 Å². The van der Waals surface area contributed by atoms with Gasteiger partial charge in [-0.3, -0.25) is 0 Å². The summed E-state index contributed by atoms with van der Waals surface area (Å²) in [6.07, 6.45) is 0. The second kappa shape index (κ2) is 10.5. The van der Waals surface area contributed by atoms with E-state index in [0.717, 1.165) is 33.4 Å². The van der Waals surface area contributed by atoms with E-state index in [9.17, 15) is 13.2 Å². The highest BCUT2D eigenvalue weighted by Gasteiger charge is 2.30. The minimum absolute atomic E-state index is 0.0544. The normalized spacial score (nSPS) is 11.4. The molecule has 0 aliphatic heterocycles. The summed E-state index contributed by atoms with van der Waals surface area (Å²) in [5, 5.41) is 1.95. The van der Waals surface area contributed by atoms with Crippen molar-refractivity contribution in [1.29, 1.82) is 0 Å². The number of benzene rings is 7. The van der Waals surface area contributed by atoms with E-state index >= 15 is 8.78 Å². The van der Waals surface area contributed by atoms with Crippen molar-refractivity contribution in [2.75, 3.05) is 0 Å². The van der Waals surface area contributed by atoms with Gasteiger partial charge in [-0.15, -0.1) is 0 Å². The molecular formula is C38H21F5. The summed E-state index contributed by atoms with van der Waals surface area (Å²) in [6.45, 7) is 0. The molecule has 0 N–H and O–H groups in total. The first-order valence-corrected chi connectivity index (χ1v) is 13.7. The van der Waals surface area contributed by atoms with E-state index in [2.05, 4.69) is 0 Å². The van der Waals surface area contributed by atoms with E-state index < -0.39 is 34.6 Å². The molecule has 0 atom stereocenters. The molecule has 0 amide bonds. The summed E-state index contributed by atoms with van der Waals surface area (Å²) in [6, 6.07) is 39.7. The summed E-state index contributed by atoms with van der Waals surface area (Å²) in [7, 11) is 0. The molecule has 0 saturated carbocycles. The van der Waals surface area contributed by atoms with Crippen LogP contribution in [0, 0.1) is 29.1 Å². The van der Waals surface area contributed by atoms with E-state index in [1.165, 1.54) is 0 Å². The predicted molar refractivity (Wildman–Crippen MR) is 163 cm³/mol. The van der Waals surface area contributed by atoms with Crippen molar-refractivity contribution in [3.05, 3.63) is 156 Å². The first-order valence-electron chi connectivity index (χ1n) is 13.7. The topological polar surface area (TPSA) is 0 Å². The van der Waals surface area contributed by atoms with Crippen LogP contribution in [-0.4, -0.2) is 0 Å². The minimum Gasteiger partial charge on any atom is -0.203 e. The van der Waals surface area contributed by atoms with Crippen LogP contribution in [0.2, 0.25) is 0 Å². The molecule has 0 aliphatic rings. The zero-order valence-corrected chi connectivity index (χ0v) is 22.5. The van der Waals surface area contributed by atoms with Crippen LogP contribution in [0.4, 0.5) is 22.0 Å². The number of hydrogen-bond acceptors (Lipinski definition) is 0. The maximum absolute atomic E-state index is 15.4. The lowest BCUT2D eigenvalue weighted by Gasteiger charge is -2.22. The van der Waals surface area contributed by atoms with Crippen molar-refractivity contribution < 1.29 is 22.0 Å². The number of fused-ring (bicyclic) bond motifs is 2. The van der Waals surface area contributed by atoms with Crippen LogP contribution < -0.4 is 0 Å². The van der Waals surface area contributed by atoms with Crippen LogP contribution in [0.25, 0.3) is 66.1 Å². The van der Waals surface area contributed by atoms with Gasteiger partial charge in [-0.05, 0) is 54.9 Å². The molecule has 0 unspecified atom stereocenters. The molecule has 0 aliphatic carbocycles. The average molecular weight is 573 g/mol. The lowest BCUT2D eigenvalue weighted by Crippen LogP contribution is -2.05. The SMILES string of the molecule is Fc1c(F)c(F)c(-c2c3ccccc3c(-c3c(-c4ccccc4)cccc3-c3ccccc3)c3ccccc23)c(F)c1F. The van der Waals surface area contributed by atoms with Crippen LogP contribution in [0.15, 0.2) is 127 Å². The van der Waals surface area contributed by atoms with Crippen molar-refractivity contribution in [2.45, 2.75) is 0 Å². The van der Waals surface area contributed by atoms with Gasteiger partial charge in [-0.25, -0.2) is 22.0 Å². The van der Waals surface area contributed by atoms with Gasteiger partial charge in [0.25, 0.3) is 0 Å². The average Bonchev–Trinajstić information content (AvgIpc) is 3.07. The van der Waals surface area contributed by atoms with Gasteiger partial charge in [-0.2, -0.15) is 0 Å². The molecule has 7 aromatic rings. The van der Waals surface area contributed by atoms with Gasteiger partial charge in [0.1, 0.15) is 0 Å². The molecule has 0 saturated heterocycles. The summed E-state index contributed by atoms with van der Waals surface area (Å²) in [4.78, 5) is 0. The Balaban J connectivity index is 1.71. The molecule has 0 aromatic heterocycles. The molecule has 7 aromatic carbocycles. The molecule has 0 heterocycles. The third kappa shape index (κ3) is 4.19.